The van der Waals surface area contributed by atoms with Gasteiger partial charge in [-0.15, -0.1) is 11.3 Å². The fourth-order valence-electron chi connectivity index (χ4n) is 2.63. The Morgan fingerprint density at radius 3 is 2.76 bits per heavy atom. The Balaban J connectivity index is 1.67. The highest BCUT2D eigenvalue weighted by molar-refractivity contribution is 7.16. The van der Waals surface area contributed by atoms with E-state index in [0.29, 0.717) is 17.0 Å². The van der Waals surface area contributed by atoms with Crippen LogP contribution >= 0.6 is 22.9 Å². The average Bonchev–Trinajstić information content (AvgIpc) is 3.10. The summed E-state index contributed by atoms with van der Waals surface area (Å²) in [5, 5.41) is 3.11. The van der Waals surface area contributed by atoms with Gasteiger partial charge in [0.1, 0.15) is 4.83 Å². The number of aryl methyl sites for hydroxylation is 1. The Morgan fingerprint density at radius 2 is 2.04 bits per heavy atom. The minimum absolute atomic E-state index is 0.0280. The van der Waals surface area contributed by atoms with E-state index in [1.165, 1.54) is 22.2 Å². The Morgan fingerprint density at radius 1 is 1.32 bits per heavy atom. The predicted molar refractivity (Wildman–Crippen MR) is 101 cm³/mol. The van der Waals surface area contributed by atoms with E-state index in [-0.39, 0.29) is 23.9 Å². The topological polar surface area (TPSA) is 55.2 Å². The molecule has 7 heteroatoms. The summed E-state index contributed by atoms with van der Waals surface area (Å²) in [7, 11) is 1.77. The molecule has 2 aromatic heterocycles. The fourth-order valence-corrected chi connectivity index (χ4v) is 3.48. The molecule has 0 saturated carbocycles. The van der Waals surface area contributed by atoms with Crippen LogP contribution in [-0.4, -0.2) is 27.4 Å². The normalized spacial score (nSPS) is 12.3. The van der Waals surface area contributed by atoms with Crippen LogP contribution in [0.5, 0.6) is 0 Å². The SMILES string of the molecule is CC(c1ccc(Cl)cc1)N(C)C(=O)CCn1cnc2sccc2c1=O. The van der Waals surface area contributed by atoms with Gasteiger partial charge in [-0.3, -0.25) is 14.2 Å². The molecule has 130 valence electrons. The Hall–Kier alpha value is -2.18. The second-order valence-corrected chi connectivity index (χ2v) is 7.20. The number of hydrogen-bond donors (Lipinski definition) is 0. The van der Waals surface area contributed by atoms with Crippen LogP contribution in [0.3, 0.4) is 0 Å². The molecule has 0 aliphatic carbocycles. The lowest BCUT2D eigenvalue weighted by Crippen LogP contribution is -2.31. The number of carbonyl (C=O) groups is 1. The third-order valence-electron chi connectivity index (χ3n) is 4.34. The molecule has 0 spiro atoms. The van der Waals surface area contributed by atoms with Crippen molar-refractivity contribution in [3.05, 3.63) is 63.0 Å². The molecular formula is C18H18ClN3O2S. The number of amides is 1. The van der Waals surface area contributed by atoms with E-state index in [1.807, 2.05) is 36.6 Å². The third kappa shape index (κ3) is 3.75. The number of carbonyl (C=O) groups excluding carboxylic acids is 1. The largest absolute Gasteiger partial charge is 0.339 e. The van der Waals surface area contributed by atoms with E-state index in [9.17, 15) is 9.59 Å². The molecule has 2 heterocycles. The van der Waals surface area contributed by atoms with Crippen molar-refractivity contribution in [3.8, 4) is 0 Å². The molecule has 25 heavy (non-hydrogen) atoms. The van der Waals surface area contributed by atoms with Crippen LogP contribution in [0, 0.1) is 0 Å². The van der Waals surface area contributed by atoms with Gasteiger partial charge in [-0.25, -0.2) is 4.98 Å². The smallest absolute Gasteiger partial charge is 0.262 e. The highest BCUT2D eigenvalue weighted by Crippen LogP contribution is 2.21. The lowest BCUT2D eigenvalue weighted by molar-refractivity contribution is -0.132. The standard InChI is InChI=1S/C18H18ClN3O2S/c1-12(13-3-5-14(19)6-4-13)21(2)16(23)7-9-22-11-20-17-15(18(22)24)8-10-25-17/h3-6,8,10-12H,7,9H2,1-2H3. The molecule has 0 saturated heterocycles. The lowest BCUT2D eigenvalue weighted by atomic mass is 10.1. The molecule has 5 nitrogen and oxygen atoms in total. The van der Waals surface area contributed by atoms with Crippen LogP contribution in [0.1, 0.15) is 24.9 Å². The van der Waals surface area contributed by atoms with E-state index in [1.54, 1.807) is 18.0 Å². The molecule has 0 aliphatic rings. The summed E-state index contributed by atoms with van der Waals surface area (Å²) in [5.41, 5.74) is 0.909. The van der Waals surface area contributed by atoms with Gasteiger partial charge in [-0.1, -0.05) is 23.7 Å². The quantitative estimate of drug-likeness (QED) is 0.682. The minimum atomic E-state index is -0.104. The van der Waals surface area contributed by atoms with Crippen molar-refractivity contribution in [2.24, 2.45) is 0 Å². The highest BCUT2D eigenvalue weighted by atomic mass is 35.5. The Bertz CT molecular complexity index is 949. The van der Waals surface area contributed by atoms with Gasteiger partial charge in [0.05, 0.1) is 17.8 Å². The van der Waals surface area contributed by atoms with Crippen LogP contribution in [0.25, 0.3) is 10.2 Å². The van der Waals surface area contributed by atoms with Gasteiger partial charge in [0, 0.05) is 25.0 Å². The van der Waals surface area contributed by atoms with Crippen molar-refractivity contribution in [2.75, 3.05) is 7.05 Å². The molecular weight excluding hydrogens is 358 g/mol. The number of rotatable bonds is 5. The number of benzene rings is 1. The summed E-state index contributed by atoms with van der Waals surface area (Å²) in [5.74, 6) is -0.0280. The summed E-state index contributed by atoms with van der Waals surface area (Å²) in [6, 6.07) is 9.15. The van der Waals surface area contributed by atoms with Gasteiger partial charge in [0.25, 0.3) is 5.56 Å². The fraction of sp³-hybridized carbons (Fsp3) is 0.278. The molecule has 3 aromatic rings. The molecule has 0 N–H and O–H groups in total. The summed E-state index contributed by atoms with van der Waals surface area (Å²) in [6.45, 7) is 2.28. The van der Waals surface area contributed by atoms with E-state index in [4.69, 9.17) is 11.6 Å². The molecule has 1 amide bonds. The first-order valence-corrected chi connectivity index (χ1v) is 9.17. The molecule has 1 unspecified atom stereocenters. The number of nitrogens with zero attached hydrogens (tertiary/aromatic N) is 3. The van der Waals surface area contributed by atoms with Crippen molar-refractivity contribution in [1.29, 1.82) is 0 Å². The van der Waals surface area contributed by atoms with Crippen molar-refractivity contribution in [1.82, 2.24) is 14.5 Å². The van der Waals surface area contributed by atoms with Crippen LogP contribution in [0.4, 0.5) is 0 Å². The minimum Gasteiger partial charge on any atom is -0.339 e. The molecule has 3 rings (SSSR count). The maximum Gasteiger partial charge on any atom is 0.262 e. The summed E-state index contributed by atoms with van der Waals surface area (Å²) >= 11 is 7.34. The monoisotopic (exact) mass is 375 g/mol. The zero-order valence-corrected chi connectivity index (χ0v) is 15.5. The summed E-state index contributed by atoms with van der Waals surface area (Å²) < 4.78 is 1.49. The van der Waals surface area contributed by atoms with Crippen LogP contribution in [0.2, 0.25) is 5.02 Å². The lowest BCUT2D eigenvalue weighted by Gasteiger charge is -2.25. The Labute approximate surface area is 154 Å². The third-order valence-corrected chi connectivity index (χ3v) is 5.42. The number of hydrogen-bond acceptors (Lipinski definition) is 4. The summed E-state index contributed by atoms with van der Waals surface area (Å²) in [4.78, 5) is 31.5. The zero-order chi connectivity index (χ0) is 18.0. The van der Waals surface area contributed by atoms with Gasteiger partial charge in [-0.05, 0) is 36.1 Å². The molecule has 1 atom stereocenters. The molecule has 0 bridgehead atoms. The average molecular weight is 376 g/mol. The van der Waals surface area contributed by atoms with Gasteiger partial charge in [0.15, 0.2) is 0 Å². The Kier molecular flexibility index (Phi) is 5.20. The first-order chi connectivity index (χ1) is 12.0. The number of halogens is 1. The van der Waals surface area contributed by atoms with Crippen LogP contribution < -0.4 is 5.56 Å². The molecule has 0 aliphatic heterocycles. The number of thiophene rings is 1. The van der Waals surface area contributed by atoms with Crippen LogP contribution in [0.15, 0.2) is 46.8 Å². The first-order valence-electron chi connectivity index (χ1n) is 7.91. The van der Waals surface area contributed by atoms with Crippen molar-refractivity contribution in [2.45, 2.75) is 25.9 Å². The van der Waals surface area contributed by atoms with Crippen molar-refractivity contribution < 1.29 is 4.79 Å². The predicted octanol–water partition coefficient (Wildman–Crippen LogP) is 3.72. The van der Waals surface area contributed by atoms with Gasteiger partial charge < -0.3 is 4.90 Å². The highest BCUT2D eigenvalue weighted by Gasteiger charge is 2.17. The van der Waals surface area contributed by atoms with Crippen molar-refractivity contribution >= 4 is 39.1 Å². The second-order valence-electron chi connectivity index (χ2n) is 5.86. The second kappa shape index (κ2) is 7.37. The summed E-state index contributed by atoms with van der Waals surface area (Å²) in [6.07, 6.45) is 1.75. The van der Waals surface area contributed by atoms with Crippen molar-refractivity contribution in [3.63, 3.8) is 0 Å². The van der Waals surface area contributed by atoms with E-state index in [2.05, 4.69) is 4.98 Å². The van der Waals surface area contributed by atoms with Gasteiger partial charge in [-0.2, -0.15) is 0 Å². The number of fused-ring (bicyclic) bond motifs is 1. The maximum atomic E-state index is 12.5. The van der Waals surface area contributed by atoms with E-state index in [0.717, 1.165) is 10.4 Å². The maximum absolute atomic E-state index is 12.5. The van der Waals surface area contributed by atoms with E-state index < -0.39 is 0 Å². The first kappa shape index (κ1) is 17.6. The molecule has 1 aromatic carbocycles. The molecule has 0 radical (unpaired) electrons. The van der Waals surface area contributed by atoms with Gasteiger partial charge >= 0.3 is 0 Å². The van der Waals surface area contributed by atoms with Gasteiger partial charge in [0.2, 0.25) is 5.91 Å². The zero-order valence-electron chi connectivity index (χ0n) is 14.0. The van der Waals surface area contributed by atoms with Crippen LogP contribution in [-0.2, 0) is 11.3 Å². The molecule has 0 fully saturated rings. The van der Waals surface area contributed by atoms with E-state index >= 15 is 0 Å². The number of aromatic nitrogens is 2.